The first-order valence-corrected chi connectivity index (χ1v) is 12.4. The maximum Gasteiger partial charge on any atom is 0.339 e. The minimum absolute atomic E-state index is 0.122. The zero-order chi connectivity index (χ0) is 21.1. The quantitative estimate of drug-likeness (QED) is 0.682. The highest BCUT2D eigenvalue weighted by molar-refractivity contribution is 8.21. The number of rotatable bonds is 5. The van der Waals surface area contributed by atoms with Crippen molar-refractivity contribution in [3.8, 4) is 0 Å². The van der Waals surface area contributed by atoms with Gasteiger partial charge < -0.3 is 14.8 Å². The smallest absolute Gasteiger partial charge is 0.339 e. The highest BCUT2D eigenvalue weighted by Crippen LogP contribution is 2.64. The number of hydrogen-bond acceptors (Lipinski definition) is 7. The van der Waals surface area contributed by atoms with Crippen LogP contribution in [0, 0.1) is 17.8 Å². The summed E-state index contributed by atoms with van der Waals surface area (Å²) in [6, 6.07) is 6.59. The van der Waals surface area contributed by atoms with Gasteiger partial charge in [0.1, 0.15) is 0 Å². The van der Waals surface area contributed by atoms with E-state index in [4.69, 9.17) is 9.47 Å². The first-order chi connectivity index (χ1) is 14.5. The minimum Gasteiger partial charge on any atom is -0.465 e. The van der Waals surface area contributed by atoms with Gasteiger partial charge in [-0.2, -0.15) is 0 Å². The van der Waals surface area contributed by atoms with Gasteiger partial charge in [0.25, 0.3) is 5.91 Å². The van der Waals surface area contributed by atoms with Crippen molar-refractivity contribution in [3.63, 3.8) is 0 Å². The molecule has 2 saturated carbocycles. The second-order valence-electron chi connectivity index (χ2n) is 8.10. The molecule has 4 rings (SSSR count). The molecule has 1 N–H and O–H groups in total. The molecule has 1 aromatic carbocycles. The van der Waals surface area contributed by atoms with E-state index in [1.54, 1.807) is 24.3 Å². The number of ether oxygens (including phenoxy) is 2. The zero-order valence-corrected chi connectivity index (χ0v) is 18.7. The third-order valence-corrected chi connectivity index (χ3v) is 10.4. The normalized spacial score (nSPS) is 26.8. The summed E-state index contributed by atoms with van der Waals surface area (Å²) in [5, 5.41) is 2.64. The van der Waals surface area contributed by atoms with Gasteiger partial charge in [-0.1, -0.05) is 18.6 Å². The number of carbonyl (C=O) groups excluding carboxylic acids is 3. The van der Waals surface area contributed by atoms with Crippen molar-refractivity contribution in [2.45, 2.75) is 36.2 Å². The lowest BCUT2D eigenvalue weighted by molar-refractivity contribution is -0.154. The molecule has 1 spiro atoms. The van der Waals surface area contributed by atoms with Gasteiger partial charge in [0.15, 0.2) is 6.61 Å². The topological polar surface area (TPSA) is 81.7 Å². The number of amides is 1. The molecule has 3 aliphatic rings. The Labute approximate surface area is 185 Å². The second kappa shape index (κ2) is 9.22. The van der Waals surface area contributed by atoms with Crippen LogP contribution in [0.25, 0.3) is 0 Å². The number of hydrogen-bond donors (Lipinski definition) is 1. The number of nitrogens with one attached hydrogen (secondary N) is 1. The lowest BCUT2D eigenvalue weighted by Gasteiger charge is -2.51. The number of thioether (sulfide) groups is 2. The predicted octanol–water partition coefficient (Wildman–Crippen LogP) is 3.96. The van der Waals surface area contributed by atoms with Crippen molar-refractivity contribution in [1.29, 1.82) is 0 Å². The zero-order valence-electron chi connectivity index (χ0n) is 17.1. The molecular weight excluding hydrogens is 422 g/mol. The van der Waals surface area contributed by atoms with Crippen LogP contribution in [0.5, 0.6) is 0 Å². The first kappa shape index (κ1) is 21.6. The molecule has 1 saturated heterocycles. The summed E-state index contributed by atoms with van der Waals surface area (Å²) in [5.41, 5.74) is 0.603. The Bertz CT molecular complexity index is 808. The number of esters is 2. The van der Waals surface area contributed by atoms with E-state index in [9.17, 15) is 14.4 Å². The van der Waals surface area contributed by atoms with Crippen LogP contribution in [0.2, 0.25) is 0 Å². The van der Waals surface area contributed by atoms with Crippen LogP contribution in [-0.4, -0.2) is 47.1 Å². The lowest BCUT2D eigenvalue weighted by Crippen LogP contribution is -2.48. The number of para-hydroxylation sites is 1. The summed E-state index contributed by atoms with van der Waals surface area (Å²) >= 11 is 4.21. The van der Waals surface area contributed by atoms with E-state index in [2.05, 4.69) is 28.8 Å². The maximum absolute atomic E-state index is 12.7. The Hall–Kier alpha value is -1.67. The van der Waals surface area contributed by atoms with E-state index in [1.807, 2.05) is 0 Å². The third-order valence-electron chi connectivity index (χ3n) is 6.41. The van der Waals surface area contributed by atoms with Crippen molar-refractivity contribution in [3.05, 3.63) is 29.8 Å². The molecule has 2 atom stereocenters. The number of methoxy groups -OCH3 is 1. The number of carbonyl (C=O) groups is 3. The summed E-state index contributed by atoms with van der Waals surface area (Å²) in [4.78, 5) is 36.9. The highest BCUT2D eigenvalue weighted by Gasteiger charge is 2.55. The van der Waals surface area contributed by atoms with Crippen molar-refractivity contribution < 1.29 is 23.9 Å². The predicted molar refractivity (Wildman–Crippen MR) is 119 cm³/mol. The monoisotopic (exact) mass is 449 g/mol. The Balaban J connectivity index is 1.32. The molecule has 3 fully saturated rings. The average Bonchev–Trinajstić information content (AvgIpc) is 3.21. The molecule has 1 aromatic rings. The average molecular weight is 450 g/mol. The largest absolute Gasteiger partial charge is 0.465 e. The summed E-state index contributed by atoms with van der Waals surface area (Å²) in [5.74, 6) is 2.14. The Morgan fingerprint density at radius 1 is 1.10 bits per heavy atom. The van der Waals surface area contributed by atoms with Gasteiger partial charge >= 0.3 is 11.9 Å². The third kappa shape index (κ3) is 4.21. The molecular formula is C22H27NO5S2. The molecule has 8 heteroatoms. The highest BCUT2D eigenvalue weighted by atomic mass is 32.2. The summed E-state index contributed by atoms with van der Waals surface area (Å²) in [6.07, 6.45) is 5.35. The minimum atomic E-state index is -0.534. The van der Waals surface area contributed by atoms with Crippen LogP contribution < -0.4 is 5.32 Å². The first-order valence-electron chi connectivity index (χ1n) is 10.4. The van der Waals surface area contributed by atoms with Crippen LogP contribution in [0.4, 0.5) is 5.69 Å². The Morgan fingerprint density at radius 2 is 1.77 bits per heavy atom. The van der Waals surface area contributed by atoms with E-state index in [1.165, 1.54) is 37.9 Å². The van der Waals surface area contributed by atoms with E-state index >= 15 is 0 Å². The molecule has 0 radical (unpaired) electrons. The van der Waals surface area contributed by atoms with Crippen molar-refractivity contribution in [2.75, 3.05) is 30.5 Å². The molecule has 2 bridgehead atoms. The second-order valence-corrected chi connectivity index (χ2v) is 11.1. The summed E-state index contributed by atoms with van der Waals surface area (Å²) in [6.45, 7) is -0.352. The molecule has 2 unspecified atom stereocenters. The molecule has 1 amide bonds. The van der Waals surface area contributed by atoms with Gasteiger partial charge in [-0.25, -0.2) is 4.79 Å². The van der Waals surface area contributed by atoms with Gasteiger partial charge in [0, 0.05) is 11.5 Å². The molecule has 2 aliphatic carbocycles. The molecule has 30 heavy (non-hydrogen) atoms. The molecule has 6 nitrogen and oxygen atoms in total. The van der Waals surface area contributed by atoms with Crippen LogP contribution in [-0.2, 0) is 19.1 Å². The standard InChI is InChI=1S/C22H27NO5S2/c1-27-21(26)17-7-2-3-8-18(17)23-19(24)13-28-20(25)14-11-15-5-4-6-16(12-14)22(15)29-9-10-30-22/h2-3,7-8,14-16H,4-6,9-13H2,1H3,(H,23,24). The van der Waals surface area contributed by atoms with Gasteiger partial charge in [0.05, 0.1) is 28.4 Å². The Kier molecular flexibility index (Phi) is 6.63. The van der Waals surface area contributed by atoms with Gasteiger partial charge in [-0.3, -0.25) is 9.59 Å². The van der Waals surface area contributed by atoms with E-state index in [0.717, 1.165) is 12.8 Å². The summed E-state index contributed by atoms with van der Waals surface area (Å²) < 4.78 is 10.4. The lowest BCUT2D eigenvalue weighted by atomic mass is 9.67. The molecule has 1 aliphatic heterocycles. The van der Waals surface area contributed by atoms with Crippen molar-refractivity contribution in [2.24, 2.45) is 17.8 Å². The van der Waals surface area contributed by atoms with Crippen LogP contribution >= 0.6 is 23.5 Å². The fourth-order valence-corrected chi connectivity index (χ4v) is 9.06. The number of benzene rings is 1. The fraction of sp³-hybridized carbons (Fsp3) is 0.591. The Morgan fingerprint density at radius 3 is 2.43 bits per heavy atom. The van der Waals surface area contributed by atoms with Gasteiger partial charge in [-0.05, 0) is 49.7 Å². The molecule has 1 heterocycles. The van der Waals surface area contributed by atoms with E-state index in [-0.39, 0.29) is 24.1 Å². The van der Waals surface area contributed by atoms with Crippen LogP contribution in [0.1, 0.15) is 42.5 Å². The number of anilines is 1. The van der Waals surface area contributed by atoms with Crippen LogP contribution in [0.3, 0.4) is 0 Å². The van der Waals surface area contributed by atoms with Crippen molar-refractivity contribution >= 4 is 47.1 Å². The van der Waals surface area contributed by atoms with Crippen molar-refractivity contribution in [1.82, 2.24) is 0 Å². The summed E-state index contributed by atoms with van der Waals surface area (Å²) in [7, 11) is 1.29. The van der Waals surface area contributed by atoms with Crippen LogP contribution in [0.15, 0.2) is 24.3 Å². The molecule has 0 aromatic heterocycles. The van der Waals surface area contributed by atoms with E-state index in [0.29, 0.717) is 21.6 Å². The van der Waals surface area contributed by atoms with Gasteiger partial charge in [0.2, 0.25) is 0 Å². The van der Waals surface area contributed by atoms with Gasteiger partial charge in [-0.15, -0.1) is 23.5 Å². The fourth-order valence-electron chi connectivity index (χ4n) is 5.12. The van der Waals surface area contributed by atoms with E-state index < -0.39 is 11.9 Å². The maximum atomic E-state index is 12.7. The molecule has 162 valence electrons. The SMILES string of the molecule is COC(=O)c1ccccc1NC(=O)COC(=O)C1CC2CCCC(C1)C21SCCS1.